The van der Waals surface area contributed by atoms with Crippen molar-refractivity contribution in [2.24, 2.45) is 0 Å². The lowest BCUT2D eigenvalue weighted by atomic mass is 10.1. The van der Waals surface area contributed by atoms with Crippen LogP contribution >= 0.6 is 0 Å². The number of urea groups is 1. The van der Waals surface area contributed by atoms with Gasteiger partial charge in [0.1, 0.15) is 0 Å². The van der Waals surface area contributed by atoms with Crippen LogP contribution in [0, 0.1) is 0 Å². The maximum Gasteiger partial charge on any atom is 0.321 e. The molecule has 0 aliphatic carbocycles. The van der Waals surface area contributed by atoms with Gasteiger partial charge in [0, 0.05) is 44.5 Å². The number of nitrogens with one attached hydrogen (secondary N) is 1. The first kappa shape index (κ1) is 18.7. The molecule has 0 unspecified atom stereocenters. The lowest BCUT2D eigenvalue weighted by Gasteiger charge is -2.31. The Labute approximate surface area is 155 Å². The van der Waals surface area contributed by atoms with Crippen molar-refractivity contribution < 1.29 is 14.3 Å². The van der Waals surface area contributed by atoms with Gasteiger partial charge in [-0.05, 0) is 43.9 Å². The number of amides is 3. The summed E-state index contributed by atoms with van der Waals surface area (Å²) >= 11 is 0. The van der Waals surface area contributed by atoms with Gasteiger partial charge < -0.3 is 19.9 Å². The van der Waals surface area contributed by atoms with Crippen LogP contribution in [0.25, 0.3) is 0 Å². The van der Waals surface area contributed by atoms with E-state index >= 15 is 0 Å². The molecule has 2 heterocycles. The van der Waals surface area contributed by atoms with Gasteiger partial charge in [0.2, 0.25) is 0 Å². The highest BCUT2D eigenvalue weighted by Crippen LogP contribution is 2.18. The average molecular weight is 359 g/mol. The predicted octanol–water partition coefficient (Wildman–Crippen LogP) is 3.35. The van der Waals surface area contributed by atoms with Gasteiger partial charge in [-0.1, -0.05) is 18.9 Å². The second kappa shape index (κ2) is 9.03. The molecule has 1 aromatic rings. The predicted molar refractivity (Wildman–Crippen MR) is 101 cm³/mol. The van der Waals surface area contributed by atoms with Crippen molar-refractivity contribution in [1.29, 1.82) is 0 Å². The zero-order chi connectivity index (χ0) is 18.4. The Kier molecular flexibility index (Phi) is 6.50. The number of ether oxygens (including phenoxy) is 1. The van der Waals surface area contributed by atoms with Gasteiger partial charge in [0.25, 0.3) is 5.91 Å². The van der Waals surface area contributed by atoms with E-state index in [4.69, 9.17) is 4.74 Å². The Morgan fingerprint density at radius 3 is 2.35 bits per heavy atom. The Bertz CT molecular complexity index is 618. The molecule has 3 amide bonds. The molecule has 2 fully saturated rings. The van der Waals surface area contributed by atoms with E-state index < -0.39 is 0 Å². The number of piperidine rings is 1. The highest BCUT2D eigenvalue weighted by molar-refractivity contribution is 5.97. The number of methoxy groups -OCH3 is 1. The molecule has 0 aromatic heterocycles. The summed E-state index contributed by atoms with van der Waals surface area (Å²) in [6.45, 7) is 3.03. The van der Waals surface area contributed by atoms with Crippen LogP contribution in [0.3, 0.4) is 0 Å². The van der Waals surface area contributed by atoms with Gasteiger partial charge in [-0.25, -0.2) is 4.79 Å². The number of likely N-dealkylation sites (tertiary alicyclic amines) is 2. The quantitative estimate of drug-likeness (QED) is 0.900. The third-order valence-electron chi connectivity index (χ3n) is 5.32. The minimum Gasteiger partial charge on any atom is -0.381 e. The van der Waals surface area contributed by atoms with Gasteiger partial charge in [0.05, 0.1) is 6.10 Å². The number of carbonyl (C=O) groups excluding carboxylic acids is 2. The molecule has 0 spiro atoms. The van der Waals surface area contributed by atoms with Gasteiger partial charge in [-0.15, -0.1) is 0 Å². The Hall–Kier alpha value is -2.08. The van der Waals surface area contributed by atoms with Crippen LogP contribution in [-0.2, 0) is 4.74 Å². The van der Waals surface area contributed by atoms with E-state index in [2.05, 4.69) is 5.32 Å². The molecule has 1 N–H and O–H groups in total. The molecule has 6 nitrogen and oxygen atoms in total. The van der Waals surface area contributed by atoms with Crippen molar-refractivity contribution >= 4 is 17.6 Å². The van der Waals surface area contributed by atoms with Crippen molar-refractivity contribution in [3.8, 4) is 0 Å². The van der Waals surface area contributed by atoms with Crippen molar-refractivity contribution in [3.63, 3.8) is 0 Å². The monoisotopic (exact) mass is 359 g/mol. The zero-order valence-electron chi connectivity index (χ0n) is 15.6. The first-order valence-electron chi connectivity index (χ1n) is 9.65. The van der Waals surface area contributed by atoms with Gasteiger partial charge >= 0.3 is 6.03 Å². The summed E-state index contributed by atoms with van der Waals surface area (Å²) in [6.07, 6.45) is 6.49. The molecule has 142 valence electrons. The van der Waals surface area contributed by atoms with E-state index in [9.17, 15) is 9.59 Å². The fraction of sp³-hybridized carbons (Fsp3) is 0.600. The summed E-state index contributed by atoms with van der Waals surface area (Å²) in [7, 11) is 1.72. The molecule has 0 atom stereocenters. The minimum absolute atomic E-state index is 0.0592. The number of rotatable bonds is 3. The molecule has 0 saturated carbocycles. The highest BCUT2D eigenvalue weighted by Gasteiger charge is 2.23. The lowest BCUT2D eigenvalue weighted by Crippen LogP contribution is -2.42. The maximum absolute atomic E-state index is 12.8. The molecule has 0 bridgehead atoms. The fourth-order valence-corrected chi connectivity index (χ4v) is 3.68. The second-order valence-electron chi connectivity index (χ2n) is 7.14. The summed E-state index contributed by atoms with van der Waals surface area (Å²) in [4.78, 5) is 29.0. The summed E-state index contributed by atoms with van der Waals surface area (Å²) in [6, 6.07) is 7.16. The summed E-state index contributed by atoms with van der Waals surface area (Å²) in [5.41, 5.74) is 1.31. The van der Waals surface area contributed by atoms with Crippen molar-refractivity contribution in [2.75, 3.05) is 38.6 Å². The number of benzene rings is 1. The normalized spacial score (nSPS) is 19.1. The van der Waals surface area contributed by atoms with Crippen LogP contribution in [0.4, 0.5) is 10.5 Å². The number of hydrogen-bond acceptors (Lipinski definition) is 3. The number of hydrogen-bond donors (Lipinski definition) is 1. The van der Waals surface area contributed by atoms with E-state index in [-0.39, 0.29) is 18.0 Å². The molecular formula is C20H29N3O3. The molecule has 0 radical (unpaired) electrons. The molecule has 3 rings (SSSR count). The largest absolute Gasteiger partial charge is 0.381 e. The summed E-state index contributed by atoms with van der Waals surface area (Å²) < 4.78 is 5.35. The smallest absolute Gasteiger partial charge is 0.321 e. The van der Waals surface area contributed by atoms with Gasteiger partial charge in [0.15, 0.2) is 0 Å². The molecule has 1 aromatic carbocycles. The van der Waals surface area contributed by atoms with Gasteiger partial charge in [-0.2, -0.15) is 0 Å². The first-order chi connectivity index (χ1) is 12.7. The summed E-state index contributed by atoms with van der Waals surface area (Å²) in [5, 5.41) is 2.93. The second-order valence-corrected chi connectivity index (χ2v) is 7.14. The fourth-order valence-electron chi connectivity index (χ4n) is 3.68. The number of carbonyl (C=O) groups is 2. The lowest BCUT2D eigenvalue weighted by molar-refractivity contribution is 0.0521. The Morgan fingerprint density at radius 1 is 1.00 bits per heavy atom. The first-order valence-corrected chi connectivity index (χ1v) is 9.65. The molecule has 2 aliphatic rings. The molecule has 2 aliphatic heterocycles. The average Bonchev–Trinajstić information content (AvgIpc) is 2.97. The van der Waals surface area contributed by atoms with Crippen LogP contribution in [0.1, 0.15) is 48.9 Å². The van der Waals surface area contributed by atoms with E-state index in [0.29, 0.717) is 24.3 Å². The van der Waals surface area contributed by atoms with Crippen LogP contribution in [-0.4, -0.2) is 61.1 Å². The topological polar surface area (TPSA) is 61.9 Å². The third kappa shape index (κ3) is 4.75. The van der Waals surface area contributed by atoms with Crippen molar-refractivity contribution in [1.82, 2.24) is 9.80 Å². The van der Waals surface area contributed by atoms with Crippen LogP contribution in [0.5, 0.6) is 0 Å². The van der Waals surface area contributed by atoms with E-state index in [1.807, 2.05) is 23.1 Å². The van der Waals surface area contributed by atoms with Crippen molar-refractivity contribution in [3.05, 3.63) is 29.8 Å². The van der Waals surface area contributed by atoms with Gasteiger partial charge in [-0.3, -0.25) is 4.79 Å². The SMILES string of the molecule is COC1CCN(C(=O)Nc2cccc(C(=O)N3CCCCCC3)c2)CC1. The van der Waals surface area contributed by atoms with E-state index in [0.717, 1.165) is 38.8 Å². The van der Waals surface area contributed by atoms with Crippen molar-refractivity contribution in [2.45, 2.75) is 44.6 Å². The number of anilines is 1. The molecular weight excluding hydrogens is 330 g/mol. The van der Waals surface area contributed by atoms with Crippen LogP contribution in [0.2, 0.25) is 0 Å². The minimum atomic E-state index is -0.112. The molecule has 6 heteroatoms. The highest BCUT2D eigenvalue weighted by atomic mass is 16.5. The zero-order valence-corrected chi connectivity index (χ0v) is 15.6. The summed E-state index contributed by atoms with van der Waals surface area (Å²) in [5.74, 6) is 0.0592. The Balaban J connectivity index is 1.60. The molecule has 26 heavy (non-hydrogen) atoms. The van der Waals surface area contributed by atoms with E-state index in [1.54, 1.807) is 18.1 Å². The van der Waals surface area contributed by atoms with Crippen LogP contribution < -0.4 is 5.32 Å². The standard InChI is InChI=1S/C20H29N3O3/c1-26-18-9-13-23(14-10-18)20(25)21-17-8-6-7-16(15-17)19(24)22-11-4-2-3-5-12-22/h6-8,15,18H,2-5,9-14H2,1H3,(H,21,25). The maximum atomic E-state index is 12.8. The van der Waals surface area contributed by atoms with Crippen LogP contribution in [0.15, 0.2) is 24.3 Å². The molecule has 2 saturated heterocycles. The third-order valence-corrected chi connectivity index (χ3v) is 5.32. The number of nitrogens with zero attached hydrogens (tertiary/aromatic N) is 2. The van der Waals surface area contributed by atoms with E-state index in [1.165, 1.54) is 12.8 Å². The Morgan fingerprint density at radius 2 is 1.69 bits per heavy atom.